The first-order valence-corrected chi connectivity index (χ1v) is 12.0. The third kappa shape index (κ3) is 9.05. The summed E-state index contributed by atoms with van der Waals surface area (Å²) in [6.45, 7) is 10.0. The predicted molar refractivity (Wildman–Crippen MR) is 124 cm³/mol. The third-order valence-electron chi connectivity index (χ3n) is 4.50. The number of nitrogens with one attached hydrogen (secondary N) is 2. The molecular weight excluding hydrogens is 497 g/mol. The molecule has 2 N–H and O–H groups in total. The molecule has 2 heterocycles. The van der Waals surface area contributed by atoms with Crippen LogP contribution in [0.2, 0.25) is 0 Å². The molecule has 27 heavy (non-hydrogen) atoms. The van der Waals surface area contributed by atoms with Crippen molar-refractivity contribution in [3.63, 3.8) is 0 Å². The van der Waals surface area contributed by atoms with Crippen LogP contribution in [0.3, 0.4) is 0 Å². The second kappa shape index (κ2) is 11.5. The van der Waals surface area contributed by atoms with Gasteiger partial charge in [-0.1, -0.05) is 0 Å². The number of aliphatic imine (C=N–C) groups is 1. The van der Waals surface area contributed by atoms with Gasteiger partial charge < -0.3 is 15.5 Å². The SMILES string of the molecule is CCNC(=NCc1nc(C)c(C)s1)NC1CCN(CCS(C)(=O)=O)CC1.I. The van der Waals surface area contributed by atoms with Crippen molar-refractivity contribution in [2.45, 2.75) is 46.2 Å². The Bertz CT molecular complexity index is 693. The number of thiazole rings is 1. The van der Waals surface area contributed by atoms with E-state index in [1.807, 2.05) is 6.92 Å². The van der Waals surface area contributed by atoms with E-state index in [2.05, 4.69) is 39.4 Å². The van der Waals surface area contributed by atoms with Crippen LogP contribution >= 0.6 is 35.3 Å². The second-order valence-electron chi connectivity index (χ2n) is 6.83. The molecule has 0 radical (unpaired) electrons. The highest BCUT2D eigenvalue weighted by Gasteiger charge is 2.20. The van der Waals surface area contributed by atoms with Gasteiger partial charge in [0.15, 0.2) is 5.96 Å². The molecule has 2 rings (SSSR count). The van der Waals surface area contributed by atoms with Crippen molar-refractivity contribution in [3.8, 4) is 0 Å². The summed E-state index contributed by atoms with van der Waals surface area (Å²) in [5.41, 5.74) is 1.08. The molecule has 156 valence electrons. The van der Waals surface area contributed by atoms with E-state index in [0.29, 0.717) is 19.1 Å². The fraction of sp³-hybridized carbons (Fsp3) is 0.765. The van der Waals surface area contributed by atoms with E-state index in [1.165, 1.54) is 11.1 Å². The topological polar surface area (TPSA) is 86.7 Å². The quantitative estimate of drug-likeness (QED) is 0.319. The number of likely N-dealkylation sites (tertiary alicyclic amines) is 1. The minimum atomic E-state index is -2.89. The van der Waals surface area contributed by atoms with Crippen LogP contribution in [0.1, 0.15) is 35.3 Å². The molecule has 0 bridgehead atoms. The van der Waals surface area contributed by atoms with Gasteiger partial charge in [0, 0.05) is 43.4 Å². The lowest BCUT2D eigenvalue weighted by molar-refractivity contribution is 0.216. The van der Waals surface area contributed by atoms with Gasteiger partial charge in [-0.05, 0) is 33.6 Å². The summed E-state index contributed by atoms with van der Waals surface area (Å²) in [5.74, 6) is 1.06. The second-order valence-corrected chi connectivity index (χ2v) is 10.4. The summed E-state index contributed by atoms with van der Waals surface area (Å²) in [5, 5.41) is 7.85. The van der Waals surface area contributed by atoms with Crippen molar-refractivity contribution in [2.75, 3.05) is 38.2 Å². The first-order chi connectivity index (χ1) is 12.3. The molecule has 0 aromatic carbocycles. The van der Waals surface area contributed by atoms with Gasteiger partial charge in [0.1, 0.15) is 14.8 Å². The largest absolute Gasteiger partial charge is 0.357 e. The zero-order valence-corrected chi connectivity index (χ0v) is 20.6. The highest BCUT2D eigenvalue weighted by atomic mass is 127. The first-order valence-electron chi connectivity index (χ1n) is 9.14. The standard InChI is InChI=1S/C17H31N5O2S2.HI/c1-5-18-17(19-12-16-20-13(2)14(3)25-16)21-15-6-8-22(9-7-15)10-11-26(4,23)24;/h15H,5-12H2,1-4H3,(H2,18,19,21);1H. The van der Waals surface area contributed by atoms with Crippen molar-refractivity contribution >= 4 is 51.1 Å². The van der Waals surface area contributed by atoms with E-state index in [1.54, 1.807) is 11.3 Å². The number of hydrogen-bond acceptors (Lipinski definition) is 6. The Morgan fingerprint density at radius 3 is 2.52 bits per heavy atom. The summed E-state index contributed by atoms with van der Waals surface area (Å²) in [4.78, 5) is 12.7. The Morgan fingerprint density at radius 1 is 1.33 bits per heavy atom. The molecule has 1 aliphatic rings. The number of piperidine rings is 1. The van der Waals surface area contributed by atoms with Crippen molar-refractivity contribution < 1.29 is 8.42 Å². The Hall–Kier alpha value is -0.460. The van der Waals surface area contributed by atoms with Gasteiger partial charge in [-0.3, -0.25) is 0 Å². The van der Waals surface area contributed by atoms with Crippen molar-refractivity contribution in [3.05, 3.63) is 15.6 Å². The Kier molecular flexibility index (Phi) is 10.5. The fourth-order valence-corrected chi connectivity index (χ4v) is 4.31. The predicted octanol–water partition coefficient (Wildman–Crippen LogP) is 1.94. The van der Waals surface area contributed by atoms with Crippen LogP contribution in [0.5, 0.6) is 0 Å². The number of aryl methyl sites for hydroxylation is 2. The van der Waals surface area contributed by atoms with Crippen molar-refractivity contribution in [1.29, 1.82) is 0 Å². The summed E-state index contributed by atoms with van der Waals surface area (Å²) in [6.07, 6.45) is 3.28. The van der Waals surface area contributed by atoms with E-state index in [9.17, 15) is 8.42 Å². The highest BCUT2D eigenvalue weighted by molar-refractivity contribution is 14.0. The van der Waals surface area contributed by atoms with Crippen LogP contribution in [0.25, 0.3) is 0 Å². The average molecular weight is 530 g/mol. The van der Waals surface area contributed by atoms with Gasteiger partial charge in [0.25, 0.3) is 0 Å². The lowest BCUT2D eigenvalue weighted by atomic mass is 10.1. The van der Waals surface area contributed by atoms with Crippen LogP contribution in [0, 0.1) is 13.8 Å². The molecular formula is C17H32IN5O2S2. The molecule has 1 aromatic rings. The van der Waals surface area contributed by atoms with Gasteiger partial charge >= 0.3 is 0 Å². The average Bonchev–Trinajstić information content (AvgIpc) is 2.90. The van der Waals surface area contributed by atoms with Crippen LogP contribution in [-0.4, -0.2) is 68.5 Å². The molecule has 0 spiro atoms. The molecule has 10 heteroatoms. The summed E-state index contributed by atoms with van der Waals surface area (Å²) < 4.78 is 22.6. The zero-order chi connectivity index (χ0) is 19.2. The van der Waals surface area contributed by atoms with E-state index in [4.69, 9.17) is 0 Å². The fourth-order valence-electron chi connectivity index (χ4n) is 2.86. The van der Waals surface area contributed by atoms with Crippen LogP contribution in [0.4, 0.5) is 0 Å². The normalized spacial score (nSPS) is 16.8. The number of sulfone groups is 1. The molecule has 0 aliphatic carbocycles. The molecule has 0 unspecified atom stereocenters. The minimum absolute atomic E-state index is 0. The molecule has 0 atom stereocenters. The zero-order valence-electron chi connectivity index (χ0n) is 16.6. The van der Waals surface area contributed by atoms with Gasteiger partial charge in [-0.15, -0.1) is 35.3 Å². The molecule has 1 saturated heterocycles. The molecule has 0 amide bonds. The highest BCUT2D eigenvalue weighted by Crippen LogP contribution is 2.17. The maximum absolute atomic E-state index is 11.3. The summed E-state index contributed by atoms with van der Waals surface area (Å²) in [6, 6.07) is 0.363. The number of hydrogen-bond donors (Lipinski definition) is 2. The lowest BCUT2D eigenvalue weighted by Gasteiger charge is -2.32. The molecule has 1 aliphatic heterocycles. The molecule has 0 saturated carbocycles. The number of nitrogens with zero attached hydrogens (tertiary/aromatic N) is 3. The van der Waals surface area contributed by atoms with E-state index >= 15 is 0 Å². The monoisotopic (exact) mass is 529 g/mol. The van der Waals surface area contributed by atoms with Crippen LogP contribution in [-0.2, 0) is 16.4 Å². The van der Waals surface area contributed by atoms with E-state index in [-0.39, 0.29) is 29.7 Å². The van der Waals surface area contributed by atoms with Crippen LogP contribution in [0.15, 0.2) is 4.99 Å². The third-order valence-corrected chi connectivity index (χ3v) is 6.48. The van der Waals surface area contributed by atoms with Crippen molar-refractivity contribution in [1.82, 2.24) is 20.5 Å². The minimum Gasteiger partial charge on any atom is -0.357 e. The molecule has 1 fully saturated rings. The molecule has 7 nitrogen and oxygen atoms in total. The van der Waals surface area contributed by atoms with Crippen LogP contribution < -0.4 is 10.6 Å². The smallest absolute Gasteiger partial charge is 0.191 e. The number of aromatic nitrogens is 1. The van der Waals surface area contributed by atoms with E-state index < -0.39 is 9.84 Å². The number of halogens is 1. The maximum atomic E-state index is 11.3. The Labute approximate surface area is 184 Å². The van der Waals surface area contributed by atoms with E-state index in [0.717, 1.165) is 49.1 Å². The molecule has 1 aromatic heterocycles. The number of rotatable bonds is 7. The number of guanidine groups is 1. The van der Waals surface area contributed by atoms with Crippen molar-refractivity contribution in [2.24, 2.45) is 4.99 Å². The van der Waals surface area contributed by atoms with Gasteiger partial charge in [-0.2, -0.15) is 0 Å². The Balaban J connectivity index is 0.00000364. The van der Waals surface area contributed by atoms with Gasteiger partial charge in [0.2, 0.25) is 0 Å². The maximum Gasteiger partial charge on any atom is 0.191 e. The summed E-state index contributed by atoms with van der Waals surface area (Å²) >= 11 is 1.70. The summed E-state index contributed by atoms with van der Waals surface area (Å²) in [7, 11) is -2.89. The van der Waals surface area contributed by atoms with Gasteiger partial charge in [0.05, 0.1) is 18.0 Å². The lowest BCUT2D eigenvalue weighted by Crippen LogP contribution is -2.49. The Morgan fingerprint density at radius 2 is 2.00 bits per heavy atom. The van der Waals surface area contributed by atoms with Gasteiger partial charge in [-0.25, -0.2) is 18.4 Å². The first kappa shape index (κ1) is 24.6.